The van der Waals surface area contributed by atoms with Crippen LogP contribution < -0.4 is 10.2 Å². The lowest BCUT2D eigenvalue weighted by molar-refractivity contribution is -0.151. The fourth-order valence-electron chi connectivity index (χ4n) is 3.60. The highest BCUT2D eigenvalue weighted by molar-refractivity contribution is 6.08. The van der Waals surface area contributed by atoms with Gasteiger partial charge in [-0.15, -0.1) is 0 Å². The van der Waals surface area contributed by atoms with Crippen LogP contribution in [-0.4, -0.2) is 56.0 Å². The summed E-state index contributed by atoms with van der Waals surface area (Å²) in [6, 6.07) is 12.9. The number of furan rings is 1. The SMILES string of the molecule is COC(=O)C1C(=O)NC(N2CCN(c3ccccc3)CC2)=NC1c1ccco1. The molecular formula is C20H22N4O4. The van der Waals surface area contributed by atoms with Crippen LogP contribution in [0.5, 0.6) is 0 Å². The summed E-state index contributed by atoms with van der Waals surface area (Å²) in [5, 5.41) is 2.77. The van der Waals surface area contributed by atoms with Gasteiger partial charge in [0, 0.05) is 31.9 Å². The molecular weight excluding hydrogens is 360 g/mol. The van der Waals surface area contributed by atoms with Crippen LogP contribution in [0.2, 0.25) is 0 Å². The number of ether oxygens (including phenoxy) is 1. The first-order valence-electron chi connectivity index (χ1n) is 9.22. The van der Waals surface area contributed by atoms with Gasteiger partial charge in [0.15, 0.2) is 5.92 Å². The van der Waals surface area contributed by atoms with Crippen LogP contribution in [0.15, 0.2) is 58.1 Å². The van der Waals surface area contributed by atoms with E-state index < -0.39 is 23.8 Å². The Labute approximate surface area is 162 Å². The number of aliphatic imine (C=N–C) groups is 1. The molecule has 1 amide bonds. The quantitative estimate of drug-likeness (QED) is 0.638. The van der Waals surface area contributed by atoms with Crippen molar-refractivity contribution < 1.29 is 18.7 Å². The van der Waals surface area contributed by atoms with E-state index in [1.807, 2.05) is 23.1 Å². The molecule has 1 saturated heterocycles. The normalized spacial score (nSPS) is 22.5. The molecule has 1 aromatic carbocycles. The monoisotopic (exact) mass is 382 g/mol. The van der Waals surface area contributed by atoms with Crippen LogP contribution in [0.3, 0.4) is 0 Å². The molecule has 8 nitrogen and oxygen atoms in total. The summed E-state index contributed by atoms with van der Waals surface area (Å²) in [7, 11) is 1.26. The number of hydrogen-bond donors (Lipinski definition) is 1. The molecule has 0 radical (unpaired) electrons. The molecule has 1 fully saturated rings. The minimum Gasteiger partial charge on any atom is -0.468 e. The van der Waals surface area contributed by atoms with E-state index in [0.717, 1.165) is 13.1 Å². The van der Waals surface area contributed by atoms with Crippen LogP contribution in [0.4, 0.5) is 5.69 Å². The van der Waals surface area contributed by atoms with E-state index in [9.17, 15) is 9.59 Å². The number of carbonyl (C=O) groups excluding carboxylic acids is 2. The molecule has 2 atom stereocenters. The van der Waals surface area contributed by atoms with Gasteiger partial charge in [0.05, 0.1) is 13.4 Å². The zero-order valence-electron chi connectivity index (χ0n) is 15.6. The first-order chi connectivity index (χ1) is 13.7. The standard InChI is InChI=1S/C20H22N4O4/c1-27-19(26)16-17(15-8-5-13-28-15)21-20(22-18(16)25)24-11-9-23(10-12-24)14-6-3-2-4-7-14/h2-8,13,16-17H,9-12H2,1H3,(H,21,22,25). The number of anilines is 1. The molecule has 3 heterocycles. The molecule has 2 unspecified atom stereocenters. The zero-order chi connectivity index (χ0) is 19.5. The van der Waals surface area contributed by atoms with Gasteiger partial charge >= 0.3 is 5.97 Å². The van der Waals surface area contributed by atoms with E-state index in [2.05, 4.69) is 27.3 Å². The molecule has 8 heteroatoms. The second-order valence-electron chi connectivity index (χ2n) is 6.71. The Balaban J connectivity index is 1.53. The number of guanidine groups is 1. The van der Waals surface area contributed by atoms with Gasteiger partial charge in [0.1, 0.15) is 11.8 Å². The molecule has 0 saturated carbocycles. The predicted octanol–water partition coefficient (Wildman–Crippen LogP) is 1.42. The van der Waals surface area contributed by atoms with Crippen LogP contribution in [0.25, 0.3) is 0 Å². The molecule has 0 aliphatic carbocycles. The van der Waals surface area contributed by atoms with E-state index in [1.54, 1.807) is 12.1 Å². The van der Waals surface area contributed by atoms with Crippen molar-refractivity contribution >= 4 is 23.5 Å². The smallest absolute Gasteiger partial charge is 0.320 e. The second-order valence-corrected chi connectivity index (χ2v) is 6.71. The van der Waals surface area contributed by atoms with Crippen molar-refractivity contribution in [2.75, 3.05) is 38.2 Å². The molecule has 1 N–H and O–H groups in total. The van der Waals surface area contributed by atoms with Gasteiger partial charge in [0.2, 0.25) is 11.9 Å². The highest BCUT2D eigenvalue weighted by Gasteiger charge is 2.43. The van der Waals surface area contributed by atoms with Gasteiger partial charge in [0.25, 0.3) is 0 Å². The maximum atomic E-state index is 12.7. The van der Waals surface area contributed by atoms with Gasteiger partial charge in [-0.05, 0) is 24.3 Å². The summed E-state index contributed by atoms with van der Waals surface area (Å²) < 4.78 is 10.2. The number of para-hydroxylation sites is 1. The molecule has 4 rings (SSSR count). The largest absolute Gasteiger partial charge is 0.468 e. The van der Waals surface area contributed by atoms with Gasteiger partial charge in [-0.2, -0.15) is 0 Å². The molecule has 1 aromatic heterocycles. The van der Waals surface area contributed by atoms with Crippen LogP contribution >= 0.6 is 0 Å². The van der Waals surface area contributed by atoms with Crippen molar-refractivity contribution in [3.05, 3.63) is 54.5 Å². The number of methoxy groups -OCH3 is 1. The molecule has 146 valence electrons. The third-order valence-electron chi connectivity index (χ3n) is 5.08. The predicted molar refractivity (Wildman–Crippen MR) is 103 cm³/mol. The van der Waals surface area contributed by atoms with Crippen LogP contribution in [-0.2, 0) is 14.3 Å². The number of carbonyl (C=O) groups is 2. The maximum absolute atomic E-state index is 12.7. The third kappa shape index (κ3) is 3.45. The van der Waals surface area contributed by atoms with E-state index in [0.29, 0.717) is 24.8 Å². The molecule has 0 spiro atoms. The maximum Gasteiger partial charge on any atom is 0.320 e. The van der Waals surface area contributed by atoms with Crippen LogP contribution in [0, 0.1) is 5.92 Å². The van der Waals surface area contributed by atoms with Gasteiger partial charge in [-0.1, -0.05) is 18.2 Å². The Kier molecular flexibility index (Phi) is 5.01. The Morgan fingerprint density at radius 3 is 2.46 bits per heavy atom. The third-order valence-corrected chi connectivity index (χ3v) is 5.08. The number of nitrogens with one attached hydrogen (secondary N) is 1. The lowest BCUT2D eigenvalue weighted by Crippen LogP contribution is -2.57. The summed E-state index contributed by atoms with van der Waals surface area (Å²) in [5.41, 5.74) is 1.18. The van der Waals surface area contributed by atoms with E-state index in [-0.39, 0.29) is 0 Å². The number of piperazine rings is 1. The second kappa shape index (κ2) is 7.75. The molecule has 0 bridgehead atoms. The summed E-state index contributed by atoms with van der Waals surface area (Å²) in [6.07, 6.45) is 1.50. The number of hydrogen-bond acceptors (Lipinski definition) is 7. The Bertz CT molecular complexity index is 858. The highest BCUT2D eigenvalue weighted by atomic mass is 16.5. The minimum atomic E-state index is -1.06. The Hall–Kier alpha value is -3.29. The number of rotatable bonds is 3. The number of nitrogens with zero attached hydrogens (tertiary/aromatic N) is 3. The van der Waals surface area contributed by atoms with Crippen molar-refractivity contribution in [1.82, 2.24) is 10.2 Å². The van der Waals surface area contributed by atoms with Crippen molar-refractivity contribution in [3.63, 3.8) is 0 Å². The number of amides is 1. The van der Waals surface area contributed by atoms with E-state index in [1.165, 1.54) is 19.1 Å². The first-order valence-corrected chi connectivity index (χ1v) is 9.22. The molecule has 2 aliphatic rings. The Morgan fingerprint density at radius 1 is 1.11 bits per heavy atom. The summed E-state index contributed by atoms with van der Waals surface area (Å²) >= 11 is 0. The average molecular weight is 382 g/mol. The molecule has 28 heavy (non-hydrogen) atoms. The minimum absolute atomic E-state index is 0.427. The number of benzene rings is 1. The summed E-state index contributed by atoms with van der Waals surface area (Å²) in [6.45, 7) is 3.04. The fourth-order valence-corrected chi connectivity index (χ4v) is 3.60. The van der Waals surface area contributed by atoms with Crippen molar-refractivity contribution in [1.29, 1.82) is 0 Å². The van der Waals surface area contributed by atoms with Gasteiger partial charge in [-0.3, -0.25) is 14.9 Å². The highest BCUT2D eigenvalue weighted by Crippen LogP contribution is 2.31. The van der Waals surface area contributed by atoms with E-state index in [4.69, 9.17) is 9.15 Å². The molecule has 2 aliphatic heterocycles. The van der Waals surface area contributed by atoms with E-state index >= 15 is 0 Å². The average Bonchev–Trinajstić information content (AvgIpc) is 3.28. The summed E-state index contributed by atoms with van der Waals surface area (Å²) in [5.74, 6) is -1.19. The topological polar surface area (TPSA) is 87.4 Å². The fraction of sp³-hybridized carbons (Fsp3) is 0.350. The Morgan fingerprint density at radius 2 is 1.82 bits per heavy atom. The van der Waals surface area contributed by atoms with Gasteiger partial charge in [-0.25, -0.2) is 4.99 Å². The number of esters is 1. The van der Waals surface area contributed by atoms with Crippen molar-refractivity contribution in [2.24, 2.45) is 10.9 Å². The van der Waals surface area contributed by atoms with Crippen molar-refractivity contribution in [2.45, 2.75) is 6.04 Å². The summed E-state index contributed by atoms with van der Waals surface area (Å²) in [4.78, 5) is 33.8. The molecule has 2 aromatic rings. The zero-order valence-corrected chi connectivity index (χ0v) is 15.6. The lowest BCUT2D eigenvalue weighted by atomic mass is 9.95. The van der Waals surface area contributed by atoms with Gasteiger partial charge < -0.3 is 19.0 Å². The van der Waals surface area contributed by atoms with Crippen LogP contribution in [0.1, 0.15) is 11.8 Å². The lowest BCUT2D eigenvalue weighted by Gasteiger charge is -2.39. The van der Waals surface area contributed by atoms with Crippen molar-refractivity contribution in [3.8, 4) is 0 Å². The first kappa shape index (κ1) is 18.1.